The molecule has 0 spiro atoms. The van der Waals surface area contributed by atoms with Crippen LogP contribution in [0.1, 0.15) is 168 Å². The number of nitrogens with one attached hydrogen (secondary N) is 1. The number of hydrogen-bond acceptors (Lipinski definition) is 5. The van der Waals surface area contributed by atoms with Crippen LogP contribution in [0.4, 0.5) is 0 Å². The summed E-state index contributed by atoms with van der Waals surface area (Å²) in [5.74, 6) is -0.608. The predicted molar refractivity (Wildman–Crippen MR) is 205 cm³/mol. The zero-order valence-electron chi connectivity index (χ0n) is 31.0. The Bertz CT molecular complexity index is 849. The second kappa shape index (κ2) is 36.3. The van der Waals surface area contributed by atoms with E-state index in [-0.39, 0.29) is 0 Å². The second-order valence-corrected chi connectivity index (χ2v) is 13.3. The fourth-order valence-electron chi connectivity index (χ4n) is 5.49. The van der Waals surface area contributed by atoms with Crippen molar-refractivity contribution in [3.8, 4) is 0 Å². The first-order valence-electron chi connectivity index (χ1n) is 19.7. The lowest BCUT2D eigenvalue weighted by Gasteiger charge is -2.27. The summed E-state index contributed by atoms with van der Waals surface area (Å²) < 4.78 is 0. The number of allylic oxidation sites excluding steroid dienone is 10. The summed E-state index contributed by atoms with van der Waals surface area (Å²) >= 11 is 0. The molecule has 48 heavy (non-hydrogen) atoms. The fourth-order valence-corrected chi connectivity index (χ4v) is 5.49. The van der Waals surface area contributed by atoms with Crippen LogP contribution >= 0.6 is 0 Å². The van der Waals surface area contributed by atoms with Gasteiger partial charge in [0.15, 0.2) is 0 Å². The van der Waals surface area contributed by atoms with Crippen molar-refractivity contribution in [1.82, 2.24) is 5.32 Å². The molecule has 0 aliphatic heterocycles. The molecule has 4 unspecified atom stereocenters. The van der Waals surface area contributed by atoms with Gasteiger partial charge in [0.1, 0.15) is 12.2 Å². The molecule has 0 saturated heterocycles. The van der Waals surface area contributed by atoms with Gasteiger partial charge in [0.25, 0.3) is 0 Å². The Kier molecular flexibility index (Phi) is 34.8. The Morgan fingerprint density at radius 3 is 1.50 bits per heavy atom. The van der Waals surface area contributed by atoms with Gasteiger partial charge in [0.2, 0.25) is 5.91 Å². The van der Waals surface area contributed by atoms with Gasteiger partial charge in [-0.25, -0.2) is 0 Å². The third kappa shape index (κ3) is 30.1. The van der Waals surface area contributed by atoms with Crippen molar-refractivity contribution >= 4 is 5.91 Å². The van der Waals surface area contributed by atoms with Crippen molar-refractivity contribution < 1.29 is 25.2 Å². The number of rotatable bonds is 34. The number of aliphatic hydroxyl groups excluding tert-OH is 4. The maximum Gasteiger partial charge on any atom is 0.249 e. The third-order valence-corrected chi connectivity index (χ3v) is 8.67. The van der Waals surface area contributed by atoms with Crippen LogP contribution in [0.5, 0.6) is 0 Å². The molecular formula is C42H75NO5. The van der Waals surface area contributed by atoms with E-state index in [1.807, 2.05) is 0 Å². The smallest absolute Gasteiger partial charge is 0.249 e. The SMILES string of the molecule is CCC/C=C/CC/C=C/CC/C=C/CCCC(O)C(O)C(CO)NC(=O)C(O)CCCCCCCCCCC/C=C\C=C/CCCCC. The van der Waals surface area contributed by atoms with Gasteiger partial charge in [0, 0.05) is 0 Å². The van der Waals surface area contributed by atoms with Crippen LogP contribution in [-0.2, 0) is 4.79 Å². The van der Waals surface area contributed by atoms with Crippen molar-refractivity contribution in [1.29, 1.82) is 0 Å². The normalized spacial score (nSPS) is 15.0. The molecule has 0 heterocycles. The van der Waals surface area contributed by atoms with Crippen LogP contribution in [0, 0.1) is 0 Å². The Balaban J connectivity index is 3.88. The molecule has 0 radical (unpaired) electrons. The van der Waals surface area contributed by atoms with Crippen LogP contribution in [0.2, 0.25) is 0 Å². The van der Waals surface area contributed by atoms with E-state index in [1.54, 1.807) is 0 Å². The van der Waals surface area contributed by atoms with E-state index >= 15 is 0 Å². The Morgan fingerprint density at radius 2 is 0.979 bits per heavy atom. The summed E-state index contributed by atoms with van der Waals surface area (Å²) in [5.41, 5.74) is 0. The molecule has 0 aromatic rings. The Morgan fingerprint density at radius 1 is 0.521 bits per heavy atom. The van der Waals surface area contributed by atoms with Crippen LogP contribution in [0.3, 0.4) is 0 Å². The molecule has 0 aromatic heterocycles. The van der Waals surface area contributed by atoms with E-state index in [1.165, 1.54) is 70.6 Å². The highest BCUT2D eigenvalue weighted by Gasteiger charge is 2.28. The molecule has 6 nitrogen and oxygen atoms in total. The van der Waals surface area contributed by atoms with Crippen molar-refractivity contribution in [3.05, 3.63) is 60.8 Å². The Labute approximate surface area is 295 Å². The van der Waals surface area contributed by atoms with Crippen molar-refractivity contribution in [2.45, 2.75) is 192 Å². The minimum Gasteiger partial charge on any atom is -0.394 e. The standard InChI is InChI=1S/C42H75NO5/c1-3-5-7-9-11-13-15-17-19-20-21-22-24-26-28-30-32-34-36-40(46)42(48)43-38(37-44)41(47)39(45)35-33-31-29-27-25-23-18-16-14-12-10-8-6-4-2/h8,10-11,13,15-18,27,29,38-41,44-47H,3-7,9,12,14,19-26,28,30-37H2,1-2H3,(H,43,48)/b10-8+,13-11-,17-15-,18-16+,29-27+. The molecule has 0 rings (SSSR count). The first kappa shape index (κ1) is 46.0. The molecule has 0 aliphatic carbocycles. The summed E-state index contributed by atoms with van der Waals surface area (Å²) in [6, 6.07) is -1.01. The van der Waals surface area contributed by atoms with Crippen LogP contribution < -0.4 is 5.32 Å². The lowest BCUT2D eigenvalue weighted by atomic mass is 10.00. The van der Waals surface area contributed by atoms with Gasteiger partial charge in [-0.1, -0.05) is 145 Å². The topological polar surface area (TPSA) is 110 Å². The summed E-state index contributed by atoms with van der Waals surface area (Å²) in [4.78, 5) is 12.5. The number of aliphatic hydroxyl groups is 4. The van der Waals surface area contributed by atoms with Gasteiger partial charge in [0.05, 0.1) is 18.8 Å². The first-order valence-corrected chi connectivity index (χ1v) is 19.7. The minimum absolute atomic E-state index is 0.350. The van der Waals surface area contributed by atoms with E-state index in [9.17, 15) is 25.2 Å². The first-order chi connectivity index (χ1) is 23.5. The van der Waals surface area contributed by atoms with E-state index in [2.05, 4.69) is 79.9 Å². The highest BCUT2D eigenvalue weighted by Crippen LogP contribution is 2.14. The van der Waals surface area contributed by atoms with Gasteiger partial charge in [-0.2, -0.15) is 0 Å². The summed E-state index contributed by atoms with van der Waals surface area (Å²) in [7, 11) is 0. The van der Waals surface area contributed by atoms with E-state index in [4.69, 9.17) is 0 Å². The quantitative estimate of drug-likeness (QED) is 0.0265. The highest BCUT2D eigenvalue weighted by atomic mass is 16.3. The van der Waals surface area contributed by atoms with Gasteiger partial charge in [-0.15, -0.1) is 0 Å². The number of amides is 1. The van der Waals surface area contributed by atoms with Crippen LogP contribution in [0.15, 0.2) is 60.8 Å². The maximum atomic E-state index is 12.5. The monoisotopic (exact) mass is 674 g/mol. The average molecular weight is 674 g/mol. The van der Waals surface area contributed by atoms with Gasteiger partial charge >= 0.3 is 0 Å². The number of hydrogen-bond donors (Lipinski definition) is 5. The number of carbonyl (C=O) groups excluding carboxylic acids is 1. The molecule has 5 N–H and O–H groups in total. The van der Waals surface area contributed by atoms with Gasteiger partial charge in [-0.3, -0.25) is 4.79 Å². The Hall–Kier alpha value is -1.99. The molecule has 278 valence electrons. The molecule has 1 amide bonds. The zero-order valence-corrected chi connectivity index (χ0v) is 31.0. The van der Waals surface area contributed by atoms with Gasteiger partial charge in [-0.05, 0) is 83.5 Å². The van der Waals surface area contributed by atoms with E-state index < -0.39 is 36.9 Å². The summed E-state index contributed by atoms with van der Waals surface area (Å²) in [5, 5.41) is 43.5. The van der Waals surface area contributed by atoms with Crippen molar-refractivity contribution in [2.24, 2.45) is 0 Å². The maximum absolute atomic E-state index is 12.5. The zero-order chi connectivity index (χ0) is 35.3. The lowest BCUT2D eigenvalue weighted by molar-refractivity contribution is -0.132. The molecule has 0 aliphatic rings. The number of unbranched alkanes of at least 4 members (excludes halogenated alkanes) is 16. The molecule has 6 heteroatoms. The van der Waals surface area contributed by atoms with E-state index in [0.717, 1.165) is 64.2 Å². The number of carbonyl (C=O) groups is 1. The van der Waals surface area contributed by atoms with Crippen LogP contribution in [0.25, 0.3) is 0 Å². The molecule has 4 atom stereocenters. The second-order valence-electron chi connectivity index (χ2n) is 13.3. The lowest BCUT2D eigenvalue weighted by Crippen LogP contribution is -2.53. The predicted octanol–water partition coefficient (Wildman–Crippen LogP) is 9.73. The molecule has 0 fully saturated rings. The molecule has 0 aromatic carbocycles. The van der Waals surface area contributed by atoms with Crippen molar-refractivity contribution in [2.75, 3.05) is 6.61 Å². The van der Waals surface area contributed by atoms with E-state index in [0.29, 0.717) is 19.3 Å². The third-order valence-electron chi connectivity index (χ3n) is 8.67. The van der Waals surface area contributed by atoms with Gasteiger partial charge < -0.3 is 25.7 Å². The largest absolute Gasteiger partial charge is 0.394 e. The molecular weight excluding hydrogens is 598 g/mol. The average Bonchev–Trinajstić information content (AvgIpc) is 3.09. The minimum atomic E-state index is -1.30. The summed E-state index contributed by atoms with van der Waals surface area (Å²) in [6.45, 7) is 3.91. The van der Waals surface area contributed by atoms with Crippen LogP contribution in [-0.4, -0.2) is 57.3 Å². The molecule has 0 bridgehead atoms. The van der Waals surface area contributed by atoms with Crippen molar-refractivity contribution in [3.63, 3.8) is 0 Å². The molecule has 0 saturated carbocycles. The summed E-state index contributed by atoms with van der Waals surface area (Å²) in [6.07, 6.45) is 43.8. The fraction of sp³-hybridized carbons (Fsp3) is 0.738. The highest BCUT2D eigenvalue weighted by molar-refractivity contribution is 5.80.